The topological polar surface area (TPSA) is 113 Å². The Kier molecular flexibility index (Phi) is 3.06. The number of hydrogen-bond donors (Lipinski definition) is 2. The first-order chi connectivity index (χ1) is 4.79. The van der Waals surface area contributed by atoms with Gasteiger partial charge in [0.25, 0.3) is 0 Å². The maximum atomic E-state index is 8.07. The Morgan fingerprint density at radius 3 is 1.40 bits per heavy atom. The van der Waals surface area contributed by atoms with Crippen molar-refractivity contribution in [1.29, 1.82) is 10.5 Å². The third-order valence-electron chi connectivity index (χ3n) is 0.636. The molecule has 0 aromatic heterocycles. The molecule has 0 aliphatic rings. The summed E-state index contributed by atoms with van der Waals surface area (Å²) < 4.78 is 0. The van der Waals surface area contributed by atoms with Crippen LogP contribution in [-0.4, -0.2) is 21.8 Å². The van der Waals surface area contributed by atoms with Crippen LogP contribution in [0.2, 0.25) is 0 Å². The Morgan fingerprint density at radius 2 is 1.30 bits per heavy atom. The van der Waals surface area contributed by atoms with Crippen molar-refractivity contribution in [2.24, 2.45) is 10.3 Å². The predicted octanol–water partition coefficient (Wildman–Crippen LogP) is -0.306. The van der Waals surface area contributed by atoms with Gasteiger partial charge in [-0.05, 0) is 0 Å². The van der Waals surface area contributed by atoms with Gasteiger partial charge in [-0.15, -0.1) is 0 Å². The highest BCUT2D eigenvalue weighted by Gasteiger charge is 2.07. The molecule has 0 fully saturated rings. The standard InChI is InChI=1S/C4H2N4O2/c5-1-3(7-9)4(2-6)8-10/h9-10H/b7-3+,8-4+. The summed E-state index contributed by atoms with van der Waals surface area (Å²) in [6.45, 7) is 0. The lowest BCUT2D eigenvalue weighted by atomic mass is 10.3. The predicted molar refractivity (Wildman–Crippen MR) is 29.7 cm³/mol. The van der Waals surface area contributed by atoms with Gasteiger partial charge < -0.3 is 10.4 Å². The average molecular weight is 138 g/mol. The van der Waals surface area contributed by atoms with Gasteiger partial charge in [0.1, 0.15) is 12.1 Å². The van der Waals surface area contributed by atoms with E-state index in [1.54, 1.807) is 0 Å². The van der Waals surface area contributed by atoms with Crippen LogP contribution in [0, 0.1) is 22.7 Å². The zero-order valence-electron chi connectivity index (χ0n) is 4.68. The lowest BCUT2D eigenvalue weighted by Crippen LogP contribution is -2.09. The Hall–Kier alpha value is -2.08. The van der Waals surface area contributed by atoms with Crippen molar-refractivity contribution in [1.82, 2.24) is 0 Å². The molecule has 6 heteroatoms. The maximum absolute atomic E-state index is 8.07. The Morgan fingerprint density at radius 1 is 1.00 bits per heavy atom. The van der Waals surface area contributed by atoms with E-state index in [0.717, 1.165) is 0 Å². The molecule has 0 amide bonds. The summed E-state index contributed by atoms with van der Waals surface area (Å²) >= 11 is 0. The maximum Gasteiger partial charge on any atom is 0.219 e. The second-order valence-corrected chi connectivity index (χ2v) is 1.12. The zero-order valence-corrected chi connectivity index (χ0v) is 4.68. The van der Waals surface area contributed by atoms with E-state index < -0.39 is 11.4 Å². The van der Waals surface area contributed by atoms with E-state index in [1.165, 1.54) is 12.1 Å². The van der Waals surface area contributed by atoms with Crippen LogP contribution >= 0.6 is 0 Å². The first-order valence-corrected chi connectivity index (χ1v) is 2.04. The van der Waals surface area contributed by atoms with Crippen LogP contribution in [0.5, 0.6) is 0 Å². The molecule has 0 aliphatic heterocycles. The van der Waals surface area contributed by atoms with Crippen molar-refractivity contribution < 1.29 is 10.4 Å². The normalized spacial score (nSPS) is 11.8. The summed E-state index contributed by atoms with van der Waals surface area (Å²) in [5, 5.41) is 36.9. The van der Waals surface area contributed by atoms with Gasteiger partial charge in [0.2, 0.25) is 11.4 Å². The van der Waals surface area contributed by atoms with Crippen LogP contribution in [0.1, 0.15) is 0 Å². The molecule has 50 valence electrons. The number of hydrogen-bond acceptors (Lipinski definition) is 6. The molecule has 0 heterocycles. The van der Waals surface area contributed by atoms with Crippen LogP contribution in [0.15, 0.2) is 10.3 Å². The molecule has 0 aromatic carbocycles. The van der Waals surface area contributed by atoms with E-state index in [0.29, 0.717) is 0 Å². The molecule has 0 aromatic rings. The number of rotatable bonds is 1. The molecule has 0 aliphatic carbocycles. The van der Waals surface area contributed by atoms with E-state index in [-0.39, 0.29) is 0 Å². The van der Waals surface area contributed by atoms with Gasteiger partial charge in [-0.25, -0.2) is 0 Å². The SMILES string of the molecule is N#CC(=N\O)/C(C#N)=N/O. The summed E-state index contributed by atoms with van der Waals surface area (Å²) in [6.07, 6.45) is 0. The van der Waals surface area contributed by atoms with E-state index in [9.17, 15) is 0 Å². The van der Waals surface area contributed by atoms with Gasteiger partial charge >= 0.3 is 0 Å². The van der Waals surface area contributed by atoms with E-state index in [4.69, 9.17) is 20.9 Å². The Labute approximate surface area is 55.9 Å². The minimum Gasteiger partial charge on any atom is -0.410 e. The summed E-state index contributed by atoms with van der Waals surface area (Å²) in [5.41, 5.74) is -1.24. The quantitative estimate of drug-likeness (QED) is 0.294. The second kappa shape index (κ2) is 3.87. The van der Waals surface area contributed by atoms with Gasteiger partial charge in [-0.3, -0.25) is 0 Å². The van der Waals surface area contributed by atoms with Gasteiger partial charge in [-0.1, -0.05) is 10.3 Å². The monoisotopic (exact) mass is 138 g/mol. The van der Waals surface area contributed by atoms with E-state index >= 15 is 0 Å². The van der Waals surface area contributed by atoms with Crippen molar-refractivity contribution in [3.63, 3.8) is 0 Å². The van der Waals surface area contributed by atoms with Crippen molar-refractivity contribution in [3.05, 3.63) is 0 Å². The summed E-state index contributed by atoms with van der Waals surface area (Å²) in [4.78, 5) is 0. The van der Waals surface area contributed by atoms with Crippen molar-refractivity contribution in [2.75, 3.05) is 0 Å². The van der Waals surface area contributed by atoms with Crippen molar-refractivity contribution in [3.8, 4) is 12.1 Å². The fraction of sp³-hybridized carbons (Fsp3) is 0. The number of oxime groups is 2. The third-order valence-corrected chi connectivity index (χ3v) is 0.636. The lowest BCUT2D eigenvalue weighted by molar-refractivity contribution is 0.315. The van der Waals surface area contributed by atoms with E-state index in [2.05, 4.69) is 10.3 Å². The first kappa shape index (κ1) is 7.92. The molecule has 0 saturated carbocycles. The van der Waals surface area contributed by atoms with Gasteiger partial charge in [0.05, 0.1) is 0 Å². The fourth-order valence-corrected chi connectivity index (χ4v) is 0.245. The van der Waals surface area contributed by atoms with Crippen LogP contribution in [0.3, 0.4) is 0 Å². The molecule has 0 atom stereocenters. The molecule has 0 rings (SSSR count). The van der Waals surface area contributed by atoms with E-state index in [1.807, 2.05) is 0 Å². The molecule has 10 heavy (non-hydrogen) atoms. The molecule has 0 radical (unpaired) electrons. The first-order valence-electron chi connectivity index (χ1n) is 2.04. The largest absolute Gasteiger partial charge is 0.410 e. The van der Waals surface area contributed by atoms with Gasteiger partial charge in [0.15, 0.2) is 0 Å². The second-order valence-electron chi connectivity index (χ2n) is 1.12. The highest BCUT2D eigenvalue weighted by atomic mass is 16.4. The smallest absolute Gasteiger partial charge is 0.219 e. The molecule has 0 unspecified atom stereocenters. The highest BCUT2D eigenvalue weighted by molar-refractivity contribution is 6.53. The minimum atomic E-state index is -0.620. The van der Waals surface area contributed by atoms with Crippen LogP contribution in [0.4, 0.5) is 0 Å². The molecular weight excluding hydrogens is 136 g/mol. The number of nitrogens with zero attached hydrogens (tertiary/aromatic N) is 4. The van der Waals surface area contributed by atoms with Gasteiger partial charge in [-0.2, -0.15) is 10.5 Å². The van der Waals surface area contributed by atoms with Gasteiger partial charge in [0, 0.05) is 0 Å². The molecule has 6 nitrogen and oxygen atoms in total. The lowest BCUT2D eigenvalue weighted by Gasteiger charge is -1.83. The molecule has 0 saturated heterocycles. The van der Waals surface area contributed by atoms with Crippen molar-refractivity contribution >= 4 is 11.4 Å². The minimum absolute atomic E-state index is 0.620. The Balaban J connectivity index is 4.70. The van der Waals surface area contributed by atoms with Crippen LogP contribution in [0.25, 0.3) is 0 Å². The van der Waals surface area contributed by atoms with Crippen LogP contribution < -0.4 is 0 Å². The molecular formula is C4H2N4O2. The summed E-state index contributed by atoms with van der Waals surface area (Å²) in [5.74, 6) is 0. The summed E-state index contributed by atoms with van der Waals surface area (Å²) in [7, 11) is 0. The average Bonchev–Trinajstić information content (AvgIpc) is 2.00. The molecule has 0 spiro atoms. The zero-order chi connectivity index (χ0) is 7.98. The van der Waals surface area contributed by atoms with Crippen molar-refractivity contribution in [2.45, 2.75) is 0 Å². The fourth-order valence-electron chi connectivity index (χ4n) is 0.245. The molecule has 0 bridgehead atoms. The number of nitriles is 2. The third kappa shape index (κ3) is 1.46. The highest BCUT2D eigenvalue weighted by Crippen LogP contribution is 1.80. The van der Waals surface area contributed by atoms with Crippen LogP contribution in [-0.2, 0) is 0 Å². The molecule has 2 N–H and O–H groups in total. The summed E-state index contributed by atoms with van der Waals surface area (Å²) in [6, 6.07) is 2.68. The Bertz CT molecular complexity index is 225.